The van der Waals surface area contributed by atoms with Crippen LogP contribution in [0.5, 0.6) is 0 Å². The molecule has 0 spiro atoms. The third-order valence-corrected chi connectivity index (χ3v) is 13.0. The van der Waals surface area contributed by atoms with Crippen molar-refractivity contribution in [3.63, 3.8) is 0 Å². The van der Waals surface area contributed by atoms with E-state index in [4.69, 9.17) is 8.83 Å². The Morgan fingerprint density at radius 3 is 1.93 bits per heavy atom. The lowest BCUT2D eigenvalue weighted by atomic mass is 9.85. The topological polar surface area (TPSA) is 31.2 Å². The Kier molecular flexibility index (Phi) is 7.20. The molecule has 0 fully saturated rings. The van der Waals surface area contributed by atoms with E-state index < -0.39 is 0 Å². The van der Waals surface area contributed by atoms with Gasteiger partial charge in [0.1, 0.15) is 22.3 Å². The molecule has 0 aliphatic heterocycles. The van der Waals surface area contributed by atoms with Gasteiger partial charge in [-0.25, -0.2) is 0 Å². The predicted molar refractivity (Wildman–Crippen MR) is 248 cm³/mol. The Morgan fingerprint density at radius 2 is 1.08 bits per heavy atom. The number of hydrogen-bond acceptors (Lipinski definition) is 2. The summed E-state index contributed by atoms with van der Waals surface area (Å²) in [5.41, 5.74) is 18.1. The highest BCUT2D eigenvalue weighted by molar-refractivity contribution is 6.25. The number of hydrogen-bond donors (Lipinski definition) is 0. The fraction of sp³-hybridized carbons (Fsp3) is 0.0526. The Morgan fingerprint density at radius 1 is 0.417 bits per heavy atom. The van der Waals surface area contributed by atoms with Crippen LogP contribution in [-0.2, 0) is 6.42 Å². The van der Waals surface area contributed by atoms with Gasteiger partial charge in [0.25, 0.3) is 0 Å². The summed E-state index contributed by atoms with van der Waals surface area (Å²) in [6.45, 7) is 0. The largest absolute Gasteiger partial charge is 0.455 e. The average molecular weight is 768 g/mol. The van der Waals surface area contributed by atoms with Crippen molar-refractivity contribution in [3.8, 4) is 39.1 Å². The highest BCUT2D eigenvalue weighted by Gasteiger charge is 2.26. The third-order valence-electron chi connectivity index (χ3n) is 13.0. The minimum absolute atomic E-state index is 0.230. The van der Waals surface area contributed by atoms with E-state index in [1.165, 1.54) is 60.8 Å². The fourth-order valence-corrected chi connectivity index (χ4v) is 10.3. The van der Waals surface area contributed by atoms with Gasteiger partial charge in [-0.05, 0) is 112 Å². The number of nitrogens with zero attached hydrogens (tertiary/aromatic N) is 1. The summed E-state index contributed by atoms with van der Waals surface area (Å²) in [6.07, 6.45) is 2.04. The second-order valence-electron chi connectivity index (χ2n) is 16.3. The molecule has 0 radical (unpaired) electrons. The van der Waals surface area contributed by atoms with Crippen molar-refractivity contribution in [2.75, 3.05) is 0 Å². The molecule has 1 atom stereocenters. The SMILES string of the molecule is c1ccc(-c2cccc(-c3cc4c5cc(-n6c7ccccc7c7ccccc76)ccc5oc4c4c3oc3ccc(C5CCc6ccccc6-c6ccccc65)cc34)c2)cc1. The predicted octanol–water partition coefficient (Wildman–Crippen LogP) is 15.7. The van der Waals surface area contributed by atoms with Crippen LogP contribution in [0.25, 0.3) is 105 Å². The molecule has 0 N–H and O–H groups in total. The lowest BCUT2D eigenvalue weighted by Crippen LogP contribution is -2.02. The van der Waals surface area contributed by atoms with Crippen LogP contribution < -0.4 is 0 Å². The van der Waals surface area contributed by atoms with Gasteiger partial charge in [0.2, 0.25) is 0 Å². The minimum Gasteiger partial charge on any atom is -0.455 e. The van der Waals surface area contributed by atoms with Gasteiger partial charge in [0.15, 0.2) is 0 Å². The first-order chi connectivity index (χ1) is 29.7. The third kappa shape index (κ3) is 4.96. The summed E-state index contributed by atoms with van der Waals surface area (Å²) in [5.74, 6) is 0.230. The van der Waals surface area contributed by atoms with Gasteiger partial charge in [0.05, 0.1) is 16.4 Å². The van der Waals surface area contributed by atoms with E-state index in [9.17, 15) is 0 Å². The van der Waals surface area contributed by atoms with Gasteiger partial charge >= 0.3 is 0 Å². The summed E-state index contributed by atoms with van der Waals surface area (Å²) in [7, 11) is 0. The van der Waals surface area contributed by atoms with Crippen molar-refractivity contribution < 1.29 is 8.83 Å². The Hall–Kier alpha value is -7.62. The van der Waals surface area contributed by atoms with Crippen LogP contribution in [-0.4, -0.2) is 4.57 Å². The van der Waals surface area contributed by atoms with Crippen LogP contribution in [0.15, 0.2) is 203 Å². The summed E-state index contributed by atoms with van der Waals surface area (Å²) in [6, 6.07) is 70.5. The Labute approximate surface area is 346 Å². The van der Waals surface area contributed by atoms with Crippen molar-refractivity contribution in [1.29, 1.82) is 0 Å². The first-order valence-corrected chi connectivity index (χ1v) is 20.9. The van der Waals surface area contributed by atoms with E-state index in [2.05, 4.69) is 199 Å². The van der Waals surface area contributed by atoms with Crippen molar-refractivity contribution in [2.45, 2.75) is 18.8 Å². The Bertz CT molecular complexity index is 3620. The van der Waals surface area contributed by atoms with Crippen LogP contribution >= 0.6 is 0 Å². The maximum absolute atomic E-state index is 7.00. The first kappa shape index (κ1) is 33.4. The monoisotopic (exact) mass is 767 g/mol. The zero-order chi connectivity index (χ0) is 39.3. The standard InChI is InChI=1S/C57H37NO2/c1-2-13-35(14-3-1)37-16-12-17-38(31-37)47-34-49-48-33-40(58-51-23-10-8-21-45(51)46-22-9-11-24-52(46)58)27-30-53(48)59-57(49)55-50-32-39(26-29-54(50)60-56(47)55)42-28-25-36-15-4-5-18-41(36)43-19-6-7-20-44(42)43/h1-24,26-27,29-34,42H,25,28H2. The van der Waals surface area contributed by atoms with E-state index >= 15 is 0 Å². The molecule has 0 amide bonds. The summed E-state index contributed by atoms with van der Waals surface area (Å²) in [5, 5.41) is 6.73. The van der Waals surface area contributed by atoms with Crippen molar-refractivity contribution in [3.05, 3.63) is 211 Å². The van der Waals surface area contributed by atoms with Crippen LogP contribution in [0.1, 0.15) is 29.0 Å². The molecule has 282 valence electrons. The van der Waals surface area contributed by atoms with Crippen molar-refractivity contribution >= 4 is 65.7 Å². The quantitative estimate of drug-likeness (QED) is 0.179. The second kappa shape index (κ2) is 12.9. The van der Waals surface area contributed by atoms with E-state index in [0.29, 0.717) is 0 Å². The van der Waals surface area contributed by atoms with E-state index in [-0.39, 0.29) is 5.92 Å². The average Bonchev–Trinajstić information content (AvgIpc) is 3.95. The lowest BCUT2D eigenvalue weighted by molar-refractivity contribution is 0.663. The number of rotatable bonds is 4. The van der Waals surface area contributed by atoms with Crippen LogP contribution in [0.2, 0.25) is 0 Å². The minimum atomic E-state index is 0.230. The molecule has 3 heteroatoms. The maximum atomic E-state index is 7.00. The number of aromatic nitrogens is 1. The molecule has 3 nitrogen and oxygen atoms in total. The van der Waals surface area contributed by atoms with Gasteiger partial charge in [-0.1, -0.05) is 140 Å². The number of furan rings is 2. The van der Waals surface area contributed by atoms with E-state index in [1.807, 2.05) is 0 Å². The fourth-order valence-electron chi connectivity index (χ4n) is 10.3. The molecule has 0 saturated heterocycles. The smallest absolute Gasteiger partial charge is 0.147 e. The van der Waals surface area contributed by atoms with Gasteiger partial charge in [-0.2, -0.15) is 0 Å². The number of para-hydroxylation sites is 2. The summed E-state index contributed by atoms with van der Waals surface area (Å²) >= 11 is 0. The molecule has 1 aliphatic rings. The molecule has 13 rings (SSSR count). The summed E-state index contributed by atoms with van der Waals surface area (Å²) < 4.78 is 16.4. The zero-order valence-corrected chi connectivity index (χ0v) is 32.7. The van der Waals surface area contributed by atoms with Crippen LogP contribution in [0.4, 0.5) is 0 Å². The summed E-state index contributed by atoms with van der Waals surface area (Å²) in [4.78, 5) is 0. The zero-order valence-electron chi connectivity index (χ0n) is 32.7. The highest BCUT2D eigenvalue weighted by atomic mass is 16.3. The van der Waals surface area contributed by atoms with Crippen LogP contribution in [0, 0.1) is 0 Å². The van der Waals surface area contributed by atoms with Gasteiger partial charge in [-0.3, -0.25) is 0 Å². The van der Waals surface area contributed by atoms with Crippen molar-refractivity contribution in [1.82, 2.24) is 4.57 Å². The molecular weight excluding hydrogens is 731 g/mol. The molecule has 1 aliphatic carbocycles. The normalized spacial score (nSPS) is 14.0. The second-order valence-corrected chi connectivity index (χ2v) is 16.3. The highest BCUT2D eigenvalue weighted by Crippen LogP contribution is 2.48. The van der Waals surface area contributed by atoms with Crippen molar-refractivity contribution in [2.24, 2.45) is 0 Å². The molecule has 1 unspecified atom stereocenters. The van der Waals surface area contributed by atoms with Gasteiger partial charge < -0.3 is 13.4 Å². The van der Waals surface area contributed by atoms with Gasteiger partial charge in [0, 0.05) is 44.1 Å². The lowest BCUT2D eigenvalue weighted by Gasteiger charge is -2.18. The molecule has 3 heterocycles. The molecule has 3 aromatic heterocycles. The molecule has 60 heavy (non-hydrogen) atoms. The Balaban J connectivity index is 1.07. The number of fused-ring (bicyclic) bond motifs is 13. The van der Waals surface area contributed by atoms with Crippen LogP contribution in [0.3, 0.4) is 0 Å². The number of benzene rings is 9. The molecule has 12 aromatic rings. The molecule has 9 aromatic carbocycles. The number of aryl methyl sites for hydroxylation is 1. The van der Waals surface area contributed by atoms with E-state index in [0.717, 1.165) is 73.5 Å². The van der Waals surface area contributed by atoms with Gasteiger partial charge in [-0.15, -0.1) is 0 Å². The molecule has 0 bridgehead atoms. The maximum Gasteiger partial charge on any atom is 0.147 e. The van der Waals surface area contributed by atoms with E-state index in [1.54, 1.807) is 0 Å². The molecule has 0 saturated carbocycles. The first-order valence-electron chi connectivity index (χ1n) is 20.9. The molecular formula is C57H37NO2.